The Balaban J connectivity index is 2.04. The zero-order valence-electron chi connectivity index (χ0n) is 10.0. The molecule has 2 aromatic rings. The first-order chi connectivity index (χ1) is 8.70. The SMILES string of the molecule is CCc1cccnc1CNc1ccc(C(=O)O)o1. The number of nitrogens with one attached hydrogen (secondary N) is 1. The average molecular weight is 246 g/mol. The Hall–Kier alpha value is -2.30. The highest BCUT2D eigenvalue weighted by Gasteiger charge is 2.09. The summed E-state index contributed by atoms with van der Waals surface area (Å²) in [6.45, 7) is 2.58. The quantitative estimate of drug-likeness (QED) is 0.847. The fraction of sp³-hybridized carbons (Fsp3) is 0.231. The Kier molecular flexibility index (Phi) is 3.62. The number of furan rings is 1. The van der Waals surface area contributed by atoms with Gasteiger partial charge in [0.15, 0.2) is 5.88 Å². The molecule has 0 aliphatic rings. The number of anilines is 1. The summed E-state index contributed by atoms with van der Waals surface area (Å²) in [6, 6.07) is 6.94. The number of nitrogens with zero attached hydrogens (tertiary/aromatic N) is 1. The van der Waals surface area contributed by atoms with E-state index in [1.54, 1.807) is 12.3 Å². The molecule has 0 saturated carbocycles. The van der Waals surface area contributed by atoms with Crippen LogP contribution in [0.3, 0.4) is 0 Å². The summed E-state index contributed by atoms with van der Waals surface area (Å²) in [5.41, 5.74) is 2.10. The topological polar surface area (TPSA) is 75.4 Å². The van der Waals surface area contributed by atoms with Crippen LogP contribution >= 0.6 is 0 Å². The van der Waals surface area contributed by atoms with Crippen molar-refractivity contribution in [3.05, 3.63) is 47.5 Å². The second-order valence-corrected chi connectivity index (χ2v) is 3.79. The van der Waals surface area contributed by atoms with Crippen molar-refractivity contribution in [3.63, 3.8) is 0 Å². The second-order valence-electron chi connectivity index (χ2n) is 3.79. The van der Waals surface area contributed by atoms with Gasteiger partial charge in [0.25, 0.3) is 0 Å². The Morgan fingerprint density at radius 3 is 2.94 bits per heavy atom. The molecular weight excluding hydrogens is 232 g/mol. The smallest absolute Gasteiger partial charge is 0.371 e. The van der Waals surface area contributed by atoms with Crippen LogP contribution in [-0.2, 0) is 13.0 Å². The molecule has 5 heteroatoms. The zero-order chi connectivity index (χ0) is 13.0. The molecule has 0 spiro atoms. The third kappa shape index (κ3) is 2.68. The molecule has 0 saturated heterocycles. The van der Waals surface area contributed by atoms with Gasteiger partial charge in [-0.05, 0) is 24.1 Å². The minimum Gasteiger partial charge on any atom is -0.475 e. The van der Waals surface area contributed by atoms with Gasteiger partial charge >= 0.3 is 5.97 Å². The Bertz CT molecular complexity index is 549. The second kappa shape index (κ2) is 5.35. The molecule has 0 aliphatic carbocycles. The molecule has 2 N–H and O–H groups in total. The molecular formula is C13H14N2O3. The Morgan fingerprint density at radius 2 is 2.28 bits per heavy atom. The van der Waals surface area contributed by atoms with E-state index in [4.69, 9.17) is 9.52 Å². The molecule has 0 amide bonds. The van der Waals surface area contributed by atoms with Gasteiger partial charge in [0, 0.05) is 12.3 Å². The van der Waals surface area contributed by atoms with Crippen LogP contribution in [0.2, 0.25) is 0 Å². The highest BCUT2D eigenvalue weighted by molar-refractivity contribution is 5.84. The van der Waals surface area contributed by atoms with E-state index in [-0.39, 0.29) is 5.76 Å². The molecule has 0 bridgehead atoms. The molecule has 94 valence electrons. The van der Waals surface area contributed by atoms with E-state index < -0.39 is 5.97 Å². The monoisotopic (exact) mass is 246 g/mol. The van der Waals surface area contributed by atoms with Crippen LogP contribution in [-0.4, -0.2) is 16.1 Å². The number of pyridine rings is 1. The van der Waals surface area contributed by atoms with Crippen molar-refractivity contribution < 1.29 is 14.3 Å². The maximum atomic E-state index is 10.7. The van der Waals surface area contributed by atoms with E-state index >= 15 is 0 Å². The predicted molar refractivity (Wildman–Crippen MR) is 66.6 cm³/mol. The van der Waals surface area contributed by atoms with Gasteiger partial charge in [-0.3, -0.25) is 4.98 Å². The van der Waals surface area contributed by atoms with Gasteiger partial charge in [0.2, 0.25) is 5.76 Å². The standard InChI is InChI=1S/C13H14N2O3/c1-2-9-4-3-7-14-10(9)8-15-12-6-5-11(18-12)13(16)17/h3-7,15H,2,8H2,1H3,(H,16,17). The molecule has 5 nitrogen and oxygen atoms in total. The minimum absolute atomic E-state index is 0.0748. The first-order valence-corrected chi connectivity index (χ1v) is 5.70. The molecule has 0 aromatic carbocycles. The third-order valence-corrected chi connectivity index (χ3v) is 2.61. The number of carbonyl (C=O) groups is 1. The van der Waals surface area contributed by atoms with E-state index in [9.17, 15) is 4.79 Å². The molecule has 2 rings (SSSR count). The predicted octanol–water partition coefficient (Wildman–Crippen LogP) is 2.55. The largest absolute Gasteiger partial charge is 0.475 e. The minimum atomic E-state index is -1.07. The molecule has 0 aliphatic heterocycles. The van der Waals surface area contributed by atoms with Crippen LogP contribution in [0.5, 0.6) is 0 Å². The lowest BCUT2D eigenvalue weighted by Gasteiger charge is -2.06. The highest BCUT2D eigenvalue weighted by atomic mass is 16.4. The number of aromatic carboxylic acids is 1. The lowest BCUT2D eigenvalue weighted by Crippen LogP contribution is -2.04. The van der Waals surface area contributed by atoms with Crippen LogP contribution in [0.4, 0.5) is 5.88 Å². The first kappa shape index (κ1) is 12.2. The van der Waals surface area contributed by atoms with Crippen LogP contribution in [0.1, 0.15) is 28.7 Å². The number of hydrogen-bond acceptors (Lipinski definition) is 4. The summed E-state index contributed by atoms with van der Waals surface area (Å²) in [7, 11) is 0. The molecule has 2 aromatic heterocycles. The zero-order valence-corrected chi connectivity index (χ0v) is 10.0. The Morgan fingerprint density at radius 1 is 1.44 bits per heavy atom. The summed E-state index contributed by atoms with van der Waals surface area (Å²) >= 11 is 0. The summed E-state index contributed by atoms with van der Waals surface area (Å²) in [4.78, 5) is 14.9. The molecule has 0 radical (unpaired) electrons. The van der Waals surface area contributed by atoms with Crippen LogP contribution in [0.25, 0.3) is 0 Å². The number of hydrogen-bond donors (Lipinski definition) is 2. The number of aryl methyl sites for hydroxylation is 1. The lowest BCUT2D eigenvalue weighted by atomic mass is 10.1. The maximum Gasteiger partial charge on any atom is 0.371 e. The fourth-order valence-corrected chi connectivity index (χ4v) is 1.67. The van der Waals surface area contributed by atoms with Crippen molar-refractivity contribution in [2.75, 3.05) is 5.32 Å². The van der Waals surface area contributed by atoms with E-state index in [0.717, 1.165) is 17.7 Å². The molecule has 0 unspecified atom stereocenters. The van der Waals surface area contributed by atoms with Gasteiger partial charge in [-0.15, -0.1) is 0 Å². The van der Waals surface area contributed by atoms with Gasteiger partial charge in [0.1, 0.15) is 0 Å². The highest BCUT2D eigenvalue weighted by Crippen LogP contribution is 2.15. The number of rotatable bonds is 5. The lowest BCUT2D eigenvalue weighted by molar-refractivity contribution is 0.0663. The summed E-state index contributed by atoms with van der Waals surface area (Å²) < 4.78 is 5.10. The number of carboxylic acid groups (broad SMARTS) is 1. The maximum absolute atomic E-state index is 10.7. The third-order valence-electron chi connectivity index (χ3n) is 2.61. The van der Waals surface area contributed by atoms with E-state index in [1.807, 2.05) is 12.1 Å². The van der Waals surface area contributed by atoms with Crippen molar-refractivity contribution in [2.45, 2.75) is 19.9 Å². The van der Waals surface area contributed by atoms with Gasteiger partial charge in [-0.2, -0.15) is 0 Å². The first-order valence-electron chi connectivity index (χ1n) is 5.70. The van der Waals surface area contributed by atoms with E-state index in [1.165, 1.54) is 6.07 Å². The summed E-state index contributed by atoms with van der Waals surface area (Å²) in [5, 5.41) is 11.8. The summed E-state index contributed by atoms with van der Waals surface area (Å²) in [5.74, 6) is -0.718. The van der Waals surface area contributed by atoms with Gasteiger partial charge < -0.3 is 14.8 Å². The van der Waals surface area contributed by atoms with Gasteiger partial charge in [-0.1, -0.05) is 13.0 Å². The van der Waals surface area contributed by atoms with E-state index in [0.29, 0.717) is 12.4 Å². The molecule has 0 atom stereocenters. The Labute approximate surface area is 104 Å². The van der Waals surface area contributed by atoms with Gasteiger partial charge in [0.05, 0.1) is 12.2 Å². The normalized spacial score (nSPS) is 10.3. The van der Waals surface area contributed by atoms with Crippen LogP contribution < -0.4 is 5.32 Å². The van der Waals surface area contributed by atoms with E-state index in [2.05, 4.69) is 17.2 Å². The molecule has 0 fully saturated rings. The van der Waals surface area contributed by atoms with Crippen molar-refractivity contribution in [3.8, 4) is 0 Å². The van der Waals surface area contributed by atoms with Crippen molar-refractivity contribution in [1.82, 2.24) is 4.98 Å². The fourth-order valence-electron chi connectivity index (χ4n) is 1.67. The van der Waals surface area contributed by atoms with Crippen LogP contribution in [0.15, 0.2) is 34.9 Å². The van der Waals surface area contributed by atoms with Crippen LogP contribution in [0, 0.1) is 0 Å². The van der Waals surface area contributed by atoms with Gasteiger partial charge in [-0.25, -0.2) is 4.79 Å². The van der Waals surface area contributed by atoms with Crippen molar-refractivity contribution >= 4 is 11.9 Å². The van der Waals surface area contributed by atoms with Crippen molar-refractivity contribution in [1.29, 1.82) is 0 Å². The van der Waals surface area contributed by atoms with Crippen molar-refractivity contribution in [2.24, 2.45) is 0 Å². The average Bonchev–Trinajstić information content (AvgIpc) is 2.85. The number of carboxylic acids is 1. The summed E-state index contributed by atoms with van der Waals surface area (Å²) in [6.07, 6.45) is 2.64. The molecule has 18 heavy (non-hydrogen) atoms. The number of aromatic nitrogens is 1. The molecule has 2 heterocycles.